The highest BCUT2D eigenvalue weighted by atomic mass is 16.5. The van der Waals surface area contributed by atoms with E-state index >= 15 is 0 Å². The van der Waals surface area contributed by atoms with Gasteiger partial charge in [-0.05, 0) is 37.1 Å². The molecule has 0 radical (unpaired) electrons. The fourth-order valence-electron chi connectivity index (χ4n) is 2.21. The Labute approximate surface area is 137 Å². The maximum absolute atomic E-state index is 12.1. The van der Waals surface area contributed by atoms with Crippen LogP contribution in [-0.2, 0) is 11.2 Å². The standard InChI is InChI=1S/C19H23NO3/c1-15-8-10-17(11-9-15)23-14-19(21)20(2)13-12-16-6-4-5-7-18(16)22-3/h4-11H,12-14H2,1-3H3. The second kappa shape index (κ2) is 8.22. The molecule has 122 valence electrons. The van der Waals surface area contributed by atoms with Gasteiger partial charge in [-0.2, -0.15) is 0 Å². The Balaban J connectivity index is 1.81. The number of benzene rings is 2. The molecule has 0 atom stereocenters. The van der Waals surface area contributed by atoms with Crippen LogP contribution in [0.1, 0.15) is 11.1 Å². The molecule has 1 amide bonds. The van der Waals surface area contributed by atoms with Crippen LogP contribution in [0.25, 0.3) is 0 Å². The van der Waals surface area contributed by atoms with Gasteiger partial charge in [0.15, 0.2) is 6.61 Å². The number of carbonyl (C=O) groups is 1. The topological polar surface area (TPSA) is 38.8 Å². The average molecular weight is 313 g/mol. The van der Waals surface area contributed by atoms with Crippen LogP contribution in [0.4, 0.5) is 0 Å². The van der Waals surface area contributed by atoms with Gasteiger partial charge in [0.25, 0.3) is 5.91 Å². The Kier molecular flexibility index (Phi) is 6.03. The van der Waals surface area contributed by atoms with Crippen LogP contribution in [0, 0.1) is 6.92 Å². The maximum atomic E-state index is 12.1. The van der Waals surface area contributed by atoms with E-state index in [4.69, 9.17) is 9.47 Å². The lowest BCUT2D eigenvalue weighted by Crippen LogP contribution is -2.33. The van der Waals surface area contributed by atoms with Crippen molar-refractivity contribution in [3.05, 3.63) is 59.7 Å². The summed E-state index contributed by atoms with van der Waals surface area (Å²) < 4.78 is 10.8. The van der Waals surface area contributed by atoms with Crippen molar-refractivity contribution < 1.29 is 14.3 Å². The molecule has 0 heterocycles. The quantitative estimate of drug-likeness (QED) is 0.788. The van der Waals surface area contributed by atoms with Gasteiger partial charge in [0.2, 0.25) is 0 Å². The zero-order valence-corrected chi connectivity index (χ0v) is 13.9. The van der Waals surface area contributed by atoms with Crippen LogP contribution in [0.5, 0.6) is 11.5 Å². The number of methoxy groups -OCH3 is 1. The number of hydrogen-bond donors (Lipinski definition) is 0. The summed E-state index contributed by atoms with van der Waals surface area (Å²) in [5.74, 6) is 1.52. The minimum atomic E-state index is -0.0412. The summed E-state index contributed by atoms with van der Waals surface area (Å²) >= 11 is 0. The predicted molar refractivity (Wildman–Crippen MR) is 91.0 cm³/mol. The van der Waals surface area contributed by atoms with Gasteiger partial charge in [-0.3, -0.25) is 4.79 Å². The number of aryl methyl sites for hydroxylation is 1. The van der Waals surface area contributed by atoms with Crippen LogP contribution < -0.4 is 9.47 Å². The Morgan fingerprint density at radius 1 is 1.09 bits per heavy atom. The van der Waals surface area contributed by atoms with E-state index in [-0.39, 0.29) is 12.5 Å². The van der Waals surface area contributed by atoms with E-state index in [0.717, 1.165) is 23.3 Å². The van der Waals surface area contributed by atoms with E-state index in [1.165, 1.54) is 0 Å². The van der Waals surface area contributed by atoms with Crippen LogP contribution in [0.3, 0.4) is 0 Å². The summed E-state index contributed by atoms with van der Waals surface area (Å²) in [4.78, 5) is 13.8. The van der Waals surface area contributed by atoms with E-state index in [1.807, 2.05) is 55.5 Å². The molecule has 4 nitrogen and oxygen atoms in total. The Morgan fingerprint density at radius 3 is 2.48 bits per heavy atom. The van der Waals surface area contributed by atoms with Crippen molar-refractivity contribution >= 4 is 5.91 Å². The van der Waals surface area contributed by atoms with Gasteiger partial charge in [0, 0.05) is 13.6 Å². The first-order valence-electron chi connectivity index (χ1n) is 7.65. The monoisotopic (exact) mass is 313 g/mol. The first kappa shape index (κ1) is 16.9. The highest BCUT2D eigenvalue weighted by molar-refractivity contribution is 5.77. The third kappa shape index (κ3) is 5.02. The van der Waals surface area contributed by atoms with Crippen molar-refractivity contribution in [2.24, 2.45) is 0 Å². The van der Waals surface area contributed by atoms with E-state index in [0.29, 0.717) is 12.3 Å². The lowest BCUT2D eigenvalue weighted by Gasteiger charge is -2.18. The number of hydrogen-bond acceptors (Lipinski definition) is 3. The molecule has 0 bridgehead atoms. The second-order valence-electron chi connectivity index (χ2n) is 5.48. The summed E-state index contributed by atoms with van der Waals surface area (Å²) in [5, 5.41) is 0. The maximum Gasteiger partial charge on any atom is 0.260 e. The van der Waals surface area contributed by atoms with Crippen molar-refractivity contribution in [2.75, 3.05) is 27.3 Å². The molecule has 0 N–H and O–H groups in total. The number of nitrogens with zero attached hydrogens (tertiary/aromatic N) is 1. The number of ether oxygens (including phenoxy) is 2. The van der Waals surface area contributed by atoms with Gasteiger partial charge in [0.05, 0.1) is 7.11 Å². The lowest BCUT2D eigenvalue weighted by molar-refractivity contribution is -0.132. The van der Waals surface area contributed by atoms with Crippen LogP contribution in [0.2, 0.25) is 0 Å². The molecule has 0 aliphatic heterocycles. The summed E-state index contributed by atoms with van der Waals surface area (Å²) in [5.41, 5.74) is 2.26. The molecule has 4 heteroatoms. The smallest absolute Gasteiger partial charge is 0.260 e. The molecule has 0 aliphatic carbocycles. The Morgan fingerprint density at radius 2 is 1.78 bits per heavy atom. The molecule has 0 saturated heterocycles. The summed E-state index contributed by atoms with van der Waals surface area (Å²) in [6, 6.07) is 15.5. The number of para-hydroxylation sites is 1. The number of likely N-dealkylation sites (N-methyl/N-ethyl adjacent to an activating group) is 1. The summed E-state index contributed by atoms with van der Waals surface area (Å²) in [6.45, 7) is 2.68. The van der Waals surface area contributed by atoms with Gasteiger partial charge in [-0.25, -0.2) is 0 Å². The highest BCUT2D eigenvalue weighted by Gasteiger charge is 2.11. The molecular weight excluding hydrogens is 290 g/mol. The average Bonchev–Trinajstić information content (AvgIpc) is 2.59. The zero-order chi connectivity index (χ0) is 16.7. The molecule has 0 aromatic heterocycles. The molecule has 0 spiro atoms. The minimum absolute atomic E-state index is 0.0412. The zero-order valence-electron chi connectivity index (χ0n) is 13.9. The van der Waals surface area contributed by atoms with Crippen molar-refractivity contribution in [3.8, 4) is 11.5 Å². The van der Waals surface area contributed by atoms with E-state index in [1.54, 1.807) is 19.1 Å². The normalized spacial score (nSPS) is 10.2. The van der Waals surface area contributed by atoms with E-state index < -0.39 is 0 Å². The fraction of sp³-hybridized carbons (Fsp3) is 0.316. The van der Waals surface area contributed by atoms with Crippen LogP contribution in [0.15, 0.2) is 48.5 Å². The molecule has 0 fully saturated rings. The third-order valence-corrected chi connectivity index (χ3v) is 3.72. The largest absolute Gasteiger partial charge is 0.496 e. The molecule has 2 rings (SSSR count). The second-order valence-corrected chi connectivity index (χ2v) is 5.48. The van der Waals surface area contributed by atoms with Gasteiger partial charge in [-0.1, -0.05) is 35.9 Å². The summed E-state index contributed by atoms with van der Waals surface area (Å²) in [6.07, 6.45) is 0.747. The Hall–Kier alpha value is -2.49. The van der Waals surface area contributed by atoms with Crippen molar-refractivity contribution in [1.29, 1.82) is 0 Å². The van der Waals surface area contributed by atoms with Gasteiger partial charge >= 0.3 is 0 Å². The third-order valence-electron chi connectivity index (χ3n) is 3.72. The van der Waals surface area contributed by atoms with Crippen LogP contribution in [-0.4, -0.2) is 38.1 Å². The van der Waals surface area contributed by atoms with Crippen molar-refractivity contribution in [3.63, 3.8) is 0 Å². The molecule has 0 aliphatic rings. The van der Waals surface area contributed by atoms with E-state index in [2.05, 4.69) is 0 Å². The number of amides is 1. The lowest BCUT2D eigenvalue weighted by atomic mass is 10.1. The number of rotatable bonds is 7. The van der Waals surface area contributed by atoms with Crippen molar-refractivity contribution in [1.82, 2.24) is 4.90 Å². The molecule has 2 aromatic carbocycles. The minimum Gasteiger partial charge on any atom is -0.496 e. The fourth-order valence-corrected chi connectivity index (χ4v) is 2.21. The highest BCUT2D eigenvalue weighted by Crippen LogP contribution is 2.18. The molecule has 2 aromatic rings. The number of carbonyl (C=O) groups excluding carboxylic acids is 1. The molecule has 23 heavy (non-hydrogen) atoms. The molecule has 0 unspecified atom stereocenters. The van der Waals surface area contributed by atoms with E-state index in [9.17, 15) is 4.79 Å². The molecular formula is C19H23NO3. The van der Waals surface area contributed by atoms with Gasteiger partial charge < -0.3 is 14.4 Å². The molecule has 0 saturated carbocycles. The SMILES string of the molecule is COc1ccccc1CCN(C)C(=O)COc1ccc(C)cc1. The predicted octanol–water partition coefficient (Wildman–Crippen LogP) is 3.08. The first-order valence-corrected chi connectivity index (χ1v) is 7.65. The summed E-state index contributed by atoms with van der Waals surface area (Å²) in [7, 11) is 3.44. The van der Waals surface area contributed by atoms with Crippen molar-refractivity contribution in [2.45, 2.75) is 13.3 Å². The first-order chi connectivity index (χ1) is 11.1. The van der Waals surface area contributed by atoms with Gasteiger partial charge in [-0.15, -0.1) is 0 Å². The van der Waals surface area contributed by atoms with Gasteiger partial charge in [0.1, 0.15) is 11.5 Å². The Bertz CT molecular complexity index is 637. The van der Waals surface area contributed by atoms with Crippen LogP contribution >= 0.6 is 0 Å².